The molecule has 76 valence electrons. The van der Waals surface area contributed by atoms with E-state index in [-0.39, 0.29) is 5.41 Å². The van der Waals surface area contributed by atoms with Gasteiger partial charge in [-0.3, -0.25) is 0 Å². The fraction of sp³-hybridized carbons (Fsp3) is 0.385. The molecule has 0 atom stereocenters. The van der Waals surface area contributed by atoms with E-state index in [1.54, 1.807) is 6.26 Å². The third-order valence-electron chi connectivity index (χ3n) is 2.04. The van der Waals surface area contributed by atoms with Crippen molar-refractivity contribution in [3.8, 4) is 5.75 Å². The average molecular weight is 190 g/mol. The van der Waals surface area contributed by atoms with Crippen LogP contribution in [0.1, 0.15) is 33.3 Å². The molecular weight excluding hydrogens is 172 g/mol. The fourth-order valence-corrected chi connectivity index (χ4v) is 1.18. The number of rotatable bonds is 2. The zero-order chi connectivity index (χ0) is 10.6. The van der Waals surface area contributed by atoms with Gasteiger partial charge >= 0.3 is 0 Å². The van der Waals surface area contributed by atoms with Gasteiger partial charge in [-0.05, 0) is 30.0 Å². The number of hydrogen-bond acceptors (Lipinski definition) is 1. The Morgan fingerprint density at radius 2 is 1.93 bits per heavy atom. The van der Waals surface area contributed by atoms with Gasteiger partial charge in [0.25, 0.3) is 0 Å². The molecule has 0 aliphatic heterocycles. The van der Waals surface area contributed by atoms with Crippen LogP contribution >= 0.6 is 0 Å². The number of hydrogen-bond donors (Lipinski definition) is 0. The molecule has 1 heteroatoms. The van der Waals surface area contributed by atoms with Crippen LogP contribution in [0.15, 0.2) is 36.6 Å². The van der Waals surface area contributed by atoms with E-state index >= 15 is 0 Å². The van der Waals surface area contributed by atoms with Crippen molar-refractivity contribution >= 4 is 0 Å². The van der Waals surface area contributed by atoms with Gasteiger partial charge < -0.3 is 4.74 Å². The van der Waals surface area contributed by atoms with Crippen LogP contribution in [0.25, 0.3) is 0 Å². The second kappa shape index (κ2) is 4.32. The molecule has 0 aliphatic rings. The molecule has 0 heterocycles. The minimum absolute atomic E-state index is 0.176. The highest BCUT2D eigenvalue weighted by atomic mass is 16.5. The van der Waals surface area contributed by atoms with Crippen molar-refractivity contribution in [2.75, 3.05) is 0 Å². The highest BCUT2D eigenvalue weighted by molar-refractivity contribution is 5.32. The van der Waals surface area contributed by atoms with Crippen LogP contribution in [0.2, 0.25) is 0 Å². The van der Waals surface area contributed by atoms with Crippen LogP contribution in [0.4, 0.5) is 0 Å². The van der Waals surface area contributed by atoms with Gasteiger partial charge in [0.2, 0.25) is 0 Å². The fourth-order valence-electron chi connectivity index (χ4n) is 1.18. The molecule has 0 unspecified atom stereocenters. The van der Waals surface area contributed by atoms with E-state index in [0.29, 0.717) is 0 Å². The molecule has 0 amide bonds. The summed E-state index contributed by atoms with van der Waals surface area (Å²) in [6.45, 7) is 8.53. The van der Waals surface area contributed by atoms with Gasteiger partial charge in [-0.15, -0.1) is 0 Å². The zero-order valence-corrected chi connectivity index (χ0v) is 9.37. The predicted octanol–water partition coefficient (Wildman–Crippen LogP) is 3.90. The molecule has 0 saturated heterocycles. The van der Waals surface area contributed by atoms with Crippen molar-refractivity contribution in [2.45, 2.75) is 33.1 Å². The monoisotopic (exact) mass is 190 g/mol. The van der Waals surface area contributed by atoms with Crippen molar-refractivity contribution in [2.24, 2.45) is 0 Å². The summed E-state index contributed by atoms with van der Waals surface area (Å²) in [5.74, 6) is 0.899. The smallest absolute Gasteiger partial charge is 0.126 e. The van der Waals surface area contributed by atoms with Crippen LogP contribution in [-0.4, -0.2) is 0 Å². The highest BCUT2D eigenvalue weighted by Gasteiger charge is 2.13. The van der Waals surface area contributed by atoms with Crippen LogP contribution in [0.3, 0.4) is 0 Å². The molecule has 0 saturated carbocycles. The van der Waals surface area contributed by atoms with Crippen LogP contribution in [-0.2, 0) is 5.41 Å². The van der Waals surface area contributed by atoms with E-state index in [1.165, 1.54) is 5.56 Å². The van der Waals surface area contributed by atoms with E-state index in [4.69, 9.17) is 4.74 Å². The Kier molecular flexibility index (Phi) is 3.34. The molecule has 1 nitrogen and oxygen atoms in total. The Labute approximate surface area is 86.4 Å². The Balaban J connectivity index is 2.90. The second-order valence-corrected chi connectivity index (χ2v) is 4.37. The Morgan fingerprint density at radius 1 is 1.21 bits per heavy atom. The SMILES string of the molecule is C/C=C\Oc1cccc(C(C)(C)C)c1. The van der Waals surface area contributed by atoms with E-state index in [1.807, 2.05) is 25.1 Å². The van der Waals surface area contributed by atoms with E-state index < -0.39 is 0 Å². The maximum atomic E-state index is 5.41. The first-order valence-corrected chi connectivity index (χ1v) is 4.92. The summed E-state index contributed by atoms with van der Waals surface area (Å²) in [4.78, 5) is 0. The first kappa shape index (κ1) is 10.8. The van der Waals surface area contributed by atoms with Gasteiger partial charge in [-0.2, -0.15) is 0 Å². The van der Waals surface area contributed by atoms with Crippen molar-refractivity contribution in [1.82, 2.24) is 0 Å². The molecule has 0 fully saturated rings. The van der Waals surface area contributed by atoms with Gasteiger partial charge in [0.1, 0.15) is 5.75 Å². The van der Waals surface area contributed by atoms with Gasteiger partial charge in [-0.1, -0.05) is 39.0 Å². The molecule has 1 aromatic rings. The first-order valence-electron chi connectivity index (χ1n) is 4.92. The first-order chi connectivity index (χ1) is 6.54. The maximum Gasteiger partial charge on any atom is 0.126 e. The third kappa shape index (κ3) is 2.91. The van der Waals surface area contributed by atoms with Crippen molar-refractivity contribution in [3.63, 3.8) is 0 Å². The molecule has 0 radical (unpaired) electrons. The van der Waals surface area contributed by atoms with Gasteiger partial charge in [0.05, 0.1) is 6.26 Å². The molecule has 0 aliphatic carbocycles. The minimum atomic E-state index is 0.176. The lowest BCUT2D eigenvalue weighted by molar-refractivity contribution is 0.476. The third-order valence-corrected chi connectivity index (χ3v) is 2.04. The Bertz CT molecular complexity index is 318. The topological polar surface area (TPSA) is 9.23 Å². The summed E-state index contributed by atoms with van der Waals surface area (Å²) >= 11 is 0. The van der Waals surface area contributed by atoms with Gasteiger partial charge in [-0.25, -0.2) is 0 Å². The number of benzene rings is 1. The predicted molar refractivity (Wildman–Crippen MR) is 60.6 cm³/mol. The lowest BCUT2D eigenvalue weighted by Crippen LogP contribution is -2.10. The molecule has 0 N–H and O–H groups in total. The highest BCUT2D eigenvalue weighted by Crippen LogP contribution is 2.25. The van der Waals surface area contributed by atoms with E-state index in [0.717, 1.165) is 5.75 Å². The van der Waals surface area contributed by atoms with Crippen LogP contribution in [0, 0.1) is 0 Å². The normalized spacial score (nSPS) is 12.0. The second-order valence-electron chi connectivity index (χ2n) is 4.37. The molecule has 14 heavy (non-hydrogen) atoms. The molecule has 0 aromatic heterocycles. The Morgan fingerprint density at radius 3 is 2.50 bits per heavy atom. The summed E-state index contributed by atoms with van der Waals surface area (Å²) < 4.78 is 5.41. The summed E-state index contributed by atoms with van der Waals surface area (Å²) in [6.07, 6.45) is 3.57. The minimum Gasteiger partial charge on any atom is -0.465 e. The molecule has 1 rings (SSSR count). The number of allylic oxidation sites excluding steroid dienone is 1. The standard InChI is InChI=1S/C13H18O/c1-5-9-14-12-8-6-7-11(10-12)13(2,3)4/h5-10H,1-4H3/b9-5-. The largest absolute Gasteiger partial charge is 0.465 e. The molecule has 0 spiro atoms. The van der Waals surface area contributed by atoms with E-state index in [2.05, 4.69) is 32.9 Å². The van der Waals surface area contributed by atoms with Crippen LogP contribution in [0.5, 0.6) is 5.75 Å². The van der Waals surface area contributed by atoms with Gasteiger partial charge in [0, 0.05) is 0 Å². The van der Waals surface area contributed by atoms with E-state index in [9.17, 15) is 0 Å². The molecular formula is C13H18O. The molecule has 0 bridgehead atoms. The van der Waals surface area contributed by atoms with Crippen molar-refractivity contribution in [3.05, 3.63) is 42.2 Å². The summed E-state index contributed by atoms with van der Waals surface area (Å²) in [6, 6.07) is 8.21. The van der Waals surface area contributed by atoms with Gasteiger partial charge in [0.15, 0.2) is 0 Å². The quantitative estimate of drug-likeness (QED) is 0.643. The summed E-state index contributed by atoms with van der Waals surface area (Å²) in [5, 5.41) is 0. The van der Waals surface area contributed by atoms with Crippen molar-refractivity contribution in [1.29, 1.82) is 0 Å². The number of ether oxygens (including phenoxy) is 1. The lowest BCUT2D eigenvalue weighted by atomic mass is 9.87. The molecule has 1 aromatic carbocycles. The van der Waals surface area contributed by atoms with Crippen molar-refractivity contribution < 1.29 is 4.74 Å². The summed E-state index contributed by atoms with van der Waals surface area (Å²) in [7, 11) is 0. The summed E-state index contributed by atoms with van der Waals surface area (Å²) in [5.41, 5.74) is 1.47. The van der Waals surface area contributed by atoms with Crippen LogP contribution < -0.4 is 4.74 Å². The lowest BCUT2D eigenvalue weighted by Gasteiger charge is -2.19. The zero-order valence-electron chi connectivity index (χ0n) is 9.37. The maximum absolute atomic E-state index is 5.41. The Hall–Kier alpha value is -1.24. The average Bonchev–Trinajstić information content (AvgIpc) is 2.14.